The maximum atomic E-state index is 13.2. The lowest BCUT2D eigenvalue weighted by Crippen LogP contribution is -2.51. The molecule has 218 valence electrons. The first kappa shape index (κ1) is 31.0. The normalized spacial score (nSPS) is 13.8. The second kappa shape index (κ2) is 17.2. The predicted molar refractivity (Wildman–Crippen MR) is 162 cm³/mol. The van der Waals surface area contributed by atoms with Gasteiger partial charge in [-0.1, -0.05) is 69.0 Å². The van der Waals surface area contributed by atoms with E-state index in [9.17, 15) is 9.59 Å². The van der Waals surface area contributed by atoms with E-state index in [0.29, 0.717) is 38.3 Å². The highest BCUT2D eigenvalue weighted by Gasteiger charge is 2.22. The Morgan fingerprint density at radius 1 is 0.950 bits per heavy atom. The van der Waals surface area contributed by atoms with E-state index in [0.717, 1.165) is 49.5 Å². The van der Waals surface area contributed by atoms with Gasteiger partial charge in [0.05, 0.1) is 14.2 Å². The second-order valence-electron chi connectivity index (χ2n) is 10.1. The molecular formula is C32H46N4O4. The fraction of sp³-hybridized carbons (Fsp3) is 0.500. The number of ether oxygens (including phenoxy) is 2. The highest BCUT2D eigenvalue weighted by Crippen LogP contribution is 2.19. The molecule has 0 unspecified atom stereocenters. The monoisotopic (exact) mass is 550 g/mol. The number of urea groups is 1. The minimum Gasteiger partial charge on any atom is -0.497 e. The minimum atomic E-state index is -0.103. The number of methoxy groups -OCH3 is 2. The number of nitrogens with one attached hydrogen (secondary N) is 1. The highest BCUT2D eigenvalue weighted by atomic mass is 16.5. The van der Waals surface area contributed by atoms with Gasteiger partial charge in [0.15, 0.2) is 0 Å². The van der Waals surface area contributed by atoms with Crippen molar-refractivity contribution < 1.29 is 19.1 Å². The van der Waals surface area contributed by atoms with Crippen molar-refractivity contribution in [3.63, 3.8) is 0 Å². The molecule has 2 aromatic carbocycles. The van der Waals surface area contributed by atoms with Crippen LogP contribution in [-0.4, -0.2) is 86.7 Å². The number of carbonyl (C=O) groups excluding carboxylic acids is 2. The lowest BCUT2D eigenvalue weighted by atomic mass is 10.1. The average molecular weight is 551 g/mol. The summed E-state index contributed by atoms with van der Waals surface area (Å²) in [5.41, 5.74) is 1.72. The zero-order valence-corrected chi connectivity index (χ0v) is 24.4. The molecule has 0 saturated carbocycles. The summed E-state index contributed by atoms with van der Waals surface area (Å²) in [5.74, 6) is 1.73. The molecule has 3 amide bonds. The number of hydrogen-bond acceptors (Lipinski definition) is 5. The summed E-state index contributed by atoms with van der Waals surface area (Å²) in [6.07, 6.45) is 10.3. The van der Waals surface area contributed by atoms with Crippen LogP contribution in [0.3, 0.4) is 0 Å². The van der Waals surface area contributed by atoms with Gasteiger partial charge in [-0.3, -0.25) is 9.69 Å². The SMILES string of the molecule is CCCCCCCC(=O)N(CC=Cc1ccccc1OC)CCN1CCN(C(=O)Nc2cccc(OC)c2)CC1. The number of para-hydroxylation sites is 1. The summed E-state index contributed by atoms with van der Waals surface area (Å²) < 4.78 is 10.7. The number of hydrogen-bond donors (Lipinski definition) is 1. The number of anilines is 1. The number of benzene rings is 2. The van der Waals surface area contributed by atoms with Crippen molar-refractivity contribution >= 4 is 23.7 Å². The Kier molecular flexibility index (Phi) is 13.4. The van der Waals surface area contributed by atoms with Gasteiger partial charge in [-0.05, 0) is 24.6 Å². The largest absolute Gasteiger partial charge is 0.497 e. The summed E-state index contributed by atoms with van der Waals surface area (Å²) in [6.45, 7) is 7.07. The Hall–Kier alpha value is -3.52. The Morgan fingerprint density at radius 3 is 2.48 bits per heavy atom. The summed E-state index contributed by atoms with van der Waals surface area (Å²) in [4.78, 5) is 32.1. The standard InChI is InChI=1S/C32H46N4O4/c1-4-5-6-7-8-18-31(37)35(19-12-14-27-13-9-10-17-30(27)40-3)23-20-34-21-24-36(25-22-34)32(38)33-28-15-11-16-29(26-28)39-2/h9-17,26H,4-8,18-25H2,1-3H3,(H,33,38). The number of nitrogens with zero attached hydrogens (tertiary/aromatic N) is 3. The zero-order valence-electron chi connectivity index (χ0n) is 24.4. The maximum Gasteiger partial charge on any atom is 0.321 e. The van der Waals surface area contributed by atoms with Crippen LogP contribution in [0.25, 0.3) is 6.08 Å². The van der Waals surface area contributed by atoms with E-state index >= 15 is 0 Å². The van der Waals surface area contributed by atoms with Gasteiger partial charge in [-0.2, -0.15) is 0 Å². The van der Waals surface area contributed by atoms with Crippen molar-refractivity contribution in [1.82, 2.24) is 14.7 Å². The molecule has 1 saturated heterocycles. The second-order valence-corrected chi connectivity index (χ2v) is 10.1. The molecule has 0 radical (unpaired) electrons. The zero-order chi connectivity index (χ0) is 28.6. The Morgan fingerprint density at radius 2 is 1.73 bits per heavy atom. The van der Waals surface area contributed by atoms with Crippen LogP contribution in [0, 0.1) is 0 Å². The molecule has 8 heteroatoms. The van der Waals surface area contributed by atoms with Gasteiger partial charge >= 0.3 is 6.03 Å². The molecular weight excluding hydrogens is 504 g/mol. The third-order valence-electron chi connectivity index (χ3n) is 7.28. The molecule has 40 heavy (non-hydrogen) atoms. The molecule has 2 aromatic rings. The highest BCUT2D eigenvalue weighted by molar-refractivity contribution is 5.89. The van der Waals surface area contributed by atoms with Crippen LogP contribution in [0.1, 0.15) is 51.0 Å². The van der Waals surface area contributed by atoms with Gasteiger partial charge in [0.25, 0.3) is 0 Å². The molecule has 0 spiro atoms. The van der Waals surface area contributed by atoms with E-state index in [4.69, 9.17) is 9.47 Å². The van der Waals surface area contributed by atoms with Crippen molar-refractivity contribution in [1.29, 1.82) is 0 Å². The quantitative estimate of drug-likeness (QED) is 0.286. The molecule has 0 aromatic heterocycles. The lowest BCUT2D eigenvalue weighted by Gasteiger charge is -2.35. The number of rotatable bonds is 15. The van der Waals surface area contributed by atoms with E-state index in [1.807, 2.05) is 70.5 Å². The van der Waals surface area contributed by atoms with Crippen LogP contribution in [0.5, 0.6) is 11.5 Å². The lowest BCUT2D eigenvalue weighted by molar-refractivity contribution is -0.131. The molecule has 1 aliphatic rings. The number of unbranched alkanes of at least 4 members (excludes halogenated alkanes) is 4. The summed E-state index contributed by atoms with van der Waals surface area (Å²) in [7, 11) is 3.28. The molecule has 1 aliphatic heterocycles. The van der Waals surface area contributed by atoms with Crippen LogP contribution < -0.4 is 14.8 Å². The van der Waals surface area contributed by atoms with E-state index in [1.54, 1.807) is 14.2 Å². The maximum absolute atomic E-state index is 13.2. The number of piperazine rings is 1. The Labute approximate surface area is 239 Å². The molecule has 1 heterocycles. The molecule has 1 N–H and O–H groups in total. The van der Waals surface area contributed by atoms with Crippen molar-refractivity contribution in [3.8, 4) is 11.5 Å². The summed E-state index contributed by atoms with van der Waals surface area (Å²) in [5, 5.41) is 2.96. The van der Waals surface area contributed by atoms with Crippen LogP contribution >= 0.6 is 0 Å². The molecule has 0 atom stereocenters. The number of carbonyl (C=O) groups is 2. The van der Waals surface area contributed by atoms with Gasteiger partial charge in [0, 0.05) is 69.6 Å². The molecule has 1 fully saturated rings. The predicted octanol–water partition coefficient (Wildman–Crippen LogP) is 5.76. The third-order valence-corrected chi connectivity index (χ3v) is 7.28. The fourth-order valence-electron chi connectivity index (χ4n) is 4.81. The van der Waals surface area contributed by atoms with Gasteiger partial charge < -0.3 is 24.6 Å². The summed E-state index contributed by atoms with van der Waals surface area (Å²) in [6, 6.07) is 15.2. The van der Waals surface area contributed by atoms with Gasteiger partial charge in [-0.15, -0.1) is 0 Å². The van der Waals surface area contributed by atoms with E-state index in [2.05, 4.69) is 17.1 Å². The first-order chi connectivity index (χ1) is 19.5. The smallest absolute Gasteiger partial charge is 0.321 e. The average Bonchev–Trinajstić information content (AvgIpc) is 2.99. The van der Waals surface area contributed by atoms with E-state index in [-0.39, 0.29) is 11.9 Å². The van der Waals surface area contributed by atoms with Gasteiger partial charge in [0.2, 0.25) is 5.91 Å². The minimum absolute atomic E-state index is 0.103. The molecule has 3 rings (SSSR count). The topological polar surface area (TPSA) is 74.4 Å². The van der Waals surface area contributed by atoms with Crippen molar-refractivity contribution in [2.45, 2.75) is 45.4 Å². The van der Waals surface area contributed by atoms with Gasteiger partial charge in [0.1, 0.15) is 11.5 Å². The Balaban J connectivity index is 1.50. The van der Waals surface area contributed by atoms with E-state index < -0.39 is 0 Å². The van der Waals surface area contributed by atoms with Gasteiger partial charge in [-0.25, -0.2) is 4.79 Å². The van der Waals surface area contributed by atoms with E-state index in [1.165, 1.54) is 19.3 Å². The van der Waals surface area contributed by atoms with Crippen LogP contribution in [-0.2, 0) is 4.79 Å². The third kappa shape index (κ3) is 10.2. The summed E-state index contributed by atoms with van der Waals surface area (Å²) >= 11 is 0. The fourth-order valence-corrected chi connectivity index (χ4v) is 4.81. The number of amides is 3. The van der Waals surface area contributed by atoms with Crippen LogP contribution in [0.15, 0.2) is 54.6 Å². The molecule has 0 aliphatic carbocycles. The van der Waals surface area contributed by atoms with Crippen molar-refractivity contribution in [3.05, 3.63) is 60.2 Å². The van der Waals surface area contributed by atoms with Crippen molar-refractivity contribution in [2.24, 2.45) is 0 Å². The molecule has 0 bridgehead atoms. The van der Waals surface area contributed by atoms with Crippen molar-refractivity contribution in [2.75, 3.05) is 65.3 Å². The van der Waals surface area contributed by atoms with Crippen LogP contribution in [0.2, 0.25) is 0 Å². The molecule has 8 nitrogen and oxygen atoms in total. The first-order valence-electron chi connectivity index (χ1n) is 14.5. The van der Waals surface area contributed by atoms with Crippen LogP contribution in [0.4, 0.5) is 10.5 Å². The first-order valence-corrected chi connectivity index (χ1v) is 14.5. The Bertz CT molecular complexity index is 1080.